The predicted molar refractivity (Wildman–Crippen MR) is 128 cm³/mol. The molecule has 5 rings (SSSR count). The highest BCUT2D eigenvalue weighted by Crippen LogP contribution is 2.31. The molecular weight excluding hydrogens is 440 g/mol. The van der Waals surface area contributed by atoms with E-state index in [-0.39, 0.29) is 18.1 Å². The van der Waals surface area contributed by atoms with Crippen molar-refractivity contribution in [3.63, 3.8) is 0 Å². The zero-order chi connectivity index (χ0) is 22.1. The molecule has 0 fully saturated rings. The molecule has 0 spiro atoms. The van der Waals surface area contributed by atoms with Crippen LogP contribution in [0, 0.1) is 0 Å². The molecule has 0 aliphatic carbocycles. The van der Waals surface area contributed by atoms with E-state index < -0.39 is 0 Å². The number of carbonyl (C=O) groups excluding carboxylic acids is 2. The third-order valence-electron chi connectivity index (χ3n) is 4.94. The van der Waals surface area contributed by atoms with Crippen molar-refractivity contribution in [2.45, 2.75) is 13.3 Å². The highest BCUT2D eigenvalue weighted by molar-refractivity contribution is 7.18. The molecule has 0 atom stereocenters. The summed E-state index contributed by atoms with van der Waals surface area (Å²) in [5.74, 6) is -0.267. The number of amides is 1. The molecule has 0 aliphatic heterocycles. The number of carbonyl (C=O) groups is 2. The average Bonchev–Trinajstić information content (AvgIpc) is 3.51. The maximum Gasteiger partial charge on any atom is 0.232 e. The summed E-state index contributed by atoms with van der Waals surface area (Å²) in [4.78, 5) is 35.4. The van der Waals surface area contributed by atoms with Crippen LogP contribution in [-0.4, -0.2) is 26.1 Å². The second kappa shape index (κ2) is 8.49. The van der Waals surface area contributed by atoms with Crippen LogP contribution < -0.4 is 5.32 Å². The van der Waals surface area contributed by atoms with Crippen molar-refractivity contribution in [3.8, 4) is 22.5 Å². The fourth-order valence-corrected chi connectivity index (χ4v) is 5.21. The molecule has 3 heterocycles. The Balaban J connectivity index is 1.37. The van der Waals surface area contributed by atoms with Gasteiger partial charge in [0.1, 0.15) is 0 Å². The molecule has 3 aromatic heterocycles. The first-order valence-corrected chi connectivity index (χ1v) is 11.7. The van der Waals surface area contributed by atoms with E-state index in [1.165, 1.54) is 29.6 Å². The number of nitrogens with one attached hydrogen (secondary N) is 1. The van der Waals surface area contributed by atoms with Crippen LogP contribution >= 0.6 is 22.7 Å². The van der Waals surface area contributed by atoms with Gasteiger partial charge in [-0.25, -0.2) is 9.97 Å². The number of fused-ring (bicyclic) bond motifs is 1. The van der Waals surface area contributed by atoms with Gasteiger partial charge in [-0.15, -0.1) is 11.3 Å². The van der Waals surface area contributed by atoms with E-state index in [2.05, 4.69) is 15.3 Å². The number of hydrogen-bond acceptors (Lipinski definition) is 6. The monoisotopic (exact) mass is 458 g/mol. The van der Waals surface area contributed by atoms with E-state index in [4.69, 9.17) is 0 Å². The van der Waals surface area contributed by atoms with Crippen LogP contribution in [0.5, 0.6) is 0 Å². The third kappa shape index (κ3) is 3.98. The lowest BCUT2D eigenvalue weighted by atomic mass is 10.1. The number of ketones is 1. The van der Waals surface area contributed by atoms with Crippen molar-refractivity contribution in [2.24, 2.45) is 0 Å². The Hall–Kier alpha value is -3.62. The maximum absolute atomic E-state index is 12.8. The molecule has 0 bridgehead atoms. The Morgan fingerprint density at radius 1 is 0.969 bits per heavy atom. The molecule has 0 unspecified atom stereocenters. The molecule has 0 saturated carbocycles. The first kappa shape index (κ1) is 20.3. The van der Waals surface area contributed by atoms with Gasteiger partial charge in [0, 0.05) is 35.3 Å². The molecule has 2 aromatic carbocycles. The Morgan fingerprint density at radius 3 is 2.34 bits per heavy atom. The second-order valence-corrected chi connectivity index (χ2v) is 9.05. The number of thiazole rings is 2. The number of imidazole rings is 1. The number of aromatic nitrogens is 3. The van der Waals surface area contributed by atoms with Crippen LogP contribution in [0.15, 0.2) is 72.2 Å². The van der Waals surface area contributed by atoms with E-state index in [0.29, 0.717) is 15.7 Å². The number of rotatable bonds is 6. The SMILES string of the molecule is CC(=O)c1sc(NC(=O)Cc2csc3nc(-c4ccccc4)cn23)nc1-c1ccccc1. The second-order valence-electron chi connectivity index (χ2n) is 7.22. The lowest BCUT2D eigenvalue weighted by Crippen LogP contribution is -2.15. The molecular formula is C24H18N4O2S2. The van der Waals surface area contributed by atoms with Crippen molar-refractivity contribution in [1.29, 1.82) is 0 Å². The fraction of sp³-hybridized carbons (Fsp3) is 0.0833. The van der Waals surface area contributed by atoms with Crippen molar-refractivity contribution in [2.75, 3.05) is 5.32 Å². The molecule has 0 aliphatic rings. The van der Waals surface area contributed by atoms with Crippen LogP contribution in [0.25, 0.3) is 27.5 Å². The molecule has 6 nitrogen and oxygen atoms in total. The number of benzene rings is 2. The summed E-state index contributed by atoms with van der Waals surface area (Å²) in [6.07, 6.45) is 2.13. The Kier molecular flexibility index (Phi) is 5.38. The van der Waals surface area contributed by atoms with Crippen LogP contribution in [0.2, 0.25) is 0 Å². The lowest BCUT2D eigenvalue weighted by molar-refractivity contribution is -0.115. The zero-order valence-electron chi connectivity index (χ0n) is 17.1. The standard InChI is InChI=1S/C24H18N4O2S2/c1-15(29)22-21(17-10-6-3-7-11-17)27-23(32-22)26-20(30)12-18-14-31-24-25-19(13-28(18)24)16-8-4-2-5-9-16/h2-11,13-14H,12H2,1H3,(H,26,27,30). The first-order chi connectivity index (χ1) is 15.6. The van der Waals surface area contributed by atoms with Crippen LogP contribution in [0.1, 0.15) is 22.3 Å². The fourth-order valence-electron chi connectivity index (χ4n) is 3.44. The molecule has 0 radical (unpaired) electrons. The van der Waals surface area contributed by atoms with Crippen LogP contribution in [0.4, 0.5) is 5.13 Å². The minimum atomic E-state index is -0.192. The van der Waals surface area contributed by atoms with Crippen molar-refractivity contribution in [1.82, 2.24) is 14.4 Å². The van der Waals surface area contributed by atoms with E-state index >= 15 is 0 Å². The van der Waals surface area contributed by atoms with Crippen molar-refractivity contribution in [3.05, 3.63) is 82.8 Å². The maximum atomic E-state index is 12.8. The van der Waals surface area contributed by atoms with Crippen molar-refractivity contribution < 1.29 is 9.59 Å². The van der Waals surface area contributed by atoms with E-state index in [9.17, 15) is 9.59 Å². The number of hydrogen-bond donors (Lipinski definition) is 1. The van der Waals surface area contributed by atoms with Gasteiger partial charge in [0.25, 0.3) is 0 Å². The highest BCUT2D eigenvalue weighted by Gasteiger charge is 2.19. The van der Waals surface area contributed by atoms with Gasteiger partial charge in [0.2, 0.25) is 5.91 Å². The first-order valence-electron chi connectivity index (χ1n) is 9.96. The molecule has 1 N–H and O–H groups in total. The molecule has 158 valence electrons. The van der Waals surface area contributed by atoms with Gasteiger partial charge in [0.15, 0.2) is 15.9 Å². The summed E-state index contributed by atoms with van der Waals surface area (Å²) in [5.41, 5.74) is 4.20. The summed E-state index contributed by atoms with van der Waals surface area (Å²) >= 11 is 2.70. The Bertz CT molecular complexity index is 1420. The van der Waals surface area contributed by atoms with Gasteiger partial charge in [-0.3, -0.25) is 14.0 Å². The predicted octanol–water partition coefficient (Wildman–Crippen LogP) is 5.57. The Labute approximate surface area is 192 Å². The summed E-state index contributed by atoms with van der Waals surface area (Å²) in [6, 6.07) is 19.5. The molecule has 0 saturated heterocycles. The lowest BCUT2D eigenvalue weighted by Gasteiger charge is -2.01. The quantitative estimate of drug-likeness (QED) is 0.338. The normalized spacial score (nSPS) is 11.0. The van der Waals surface area contributed by atoms with Gasteiger partial charge in [-0.1, -0.05) is 72.0 Å². The summed E-state index contributed by atoms with van der Waals surface area (Å²) < 4.78 is 1.95. The van der Waals surface area contributed by atoms with Gasteiger partial charge < -0.3 is 5.32 Å². The summed E-state index contributed by atoms with van der Waals surface area (Å²) in [7, 11) is 0. The van der Waals surface area contributed by atoms with E-state index in [1.54, 1.807) is 0 Å². The van der Waals surface area contributed by atoms with Gasteiger partial charge in [0.05, 0.1) is 22.7 Å². The van der Waals surface area contributed by atoms with E-state index in [0.717, 1.165) is 27.5 Å². The summed E-state index contributed by atoms with van der Waals surface area (Å²) in [6.45, 7) is 1.51. The van der Waals surface area contributed by atoms with E-state index in [1.807, 2.05) is 76.6 Å². The number of anilines is 1. The smallest absolute Gasteiger partial charge is 0.232 e. The van der Waals surface area contributed by atoms with Gasteiger partial charge in [-0.05, 0) is 0 Å². The molecule has 1 amide bonds. The highest BCUT2D eigenvalue weighted by atomic mass is 32.1. The summed E-state index contributed by atoms with van der Waals surface area (Å²) in [5, 5.41) is 5.21. The molecule has 5 aromatic rings. The average molecular weight is 459 g/mol. The largest absolute Gasteiger partial charge is 0.302 e. The minimum Gasteiger partial charge on any atom is -0.302 e. The van der Waals surface area contributed by atoms with Crippen LogP contribution in [-0.2, 0) is 11.2 Å². The van der Waals surface area contributed by atoms with Gasteiger partial charge in [-0.2, -0.15) is 0 Å². The molecule has 32 heavy (non-hydrogen) atoms. The topological polar surface area (TPSA) is 76.4 Å². The number of nitrogens with zero attached hydrogens (tertiary/aromatic N) is 3. The Morgan fingerprint density at radius 2 is 1.66 bits per heavy atom. The molecule has 8 heteroatoms. The zero-order valence-corrected chi connectivity index (χ0v) is 18.7. The van der Waals surface area contributed by atoms with Gasteiger partial charge >= 0.3 is 0 Å². The van der Waals surface area contributed by atoms with Crippen molar-refractivity contribution >= 4 is 44.5 Å². The van der Waals surface area contributed by atoms with Crippen LogP contribution in [0.3, 0.4) is 0 Å². The number of Topliss-reactive ketones (excluding diaryl/α,β-unsaturated/α-hetero) is 1. The third-order valence-corrected chi connectivity index (χ3v) is 6.90. The minimum absolute atomic E-state index is 0.0757.